The van der Waals surface area contributed by atoms with E-state index in [0.717, 1.165) is 38.9 Å². The molecule has 4 nitrogen and oxygen atoms in total. The van der Waals surface area contributed by atoms with Gasteiger partial charge in [-0.3, -0.25) is 4.79 Å². The second-order valence-corrected chi connectivity index (χ2v) is 6.52. The van der Waals surface area contributed by atoms with Crippen molar-refractivity contribution in [1.82, 2.24) is 4.57 Å². The molecule has 0 aliphatic heterocycles. The molecule has 0 saturated carbocycles. The van der Waals surface area contributed by atoms with Crippen LogP contribution in [0.25, 0.3) is 22.0 Å². The van der Waals surface area contributed by atoms with Gasteiger partial charge in [0, 0.05) is 23.6 Å². The van der Waals surface area contributed by atoms with Crippen molar-refractivity contribution in [3.63, 3.8) is 0 Å². The average molecular weight is 355 g/mol. The molecule has 0 spiro atoms. The van der Waals surface area contributed by atoms with E-state index in [1.807, 2.05) is 30.7 Å². The monoisotopic (exact) mass is 355 g/mol. The molecule has 2 aromatic carbocycles. The largest absolute Gasteiger partial charge is 0.469 e. The van der Waals surface area contributed by atoms with Gasteiger partial charge in [0.1, 0.15) is 5.82 Å². The van der Waals surface area contributed by atoms with Crippen LogP contribution in [0.3, 0.4) is 0 Å². The molecule has 3 aromatic rings. The van der Waals surface area contributed by atoms with Crippen molar-refractivity contribution in [3.05, 3.63) is 59.0 Å². The molecule has 3 rings (SSSR count). The Balaban J connectivity index is 2.28. The molecule has 0 aliphatic rings. The minimum Gasteiger partial charge on any atom is -0.469 e. The lowest BCUT2D eigenvalue weighted by molar-refractivity contribution is -0.139. The second-order valence-electron chi connectivity index (χ2n) is 6.52. The summed E-state index contributed by atoms with van der Waals surface area (Å²) in [5, 5.41) is 11.2. The molecule has 5 heteroatoms. The third-order valence-electron chi connectivity index (χ3n) is 4.95. The summed E-state index contributed by atoms with van der Waals surface area (Å²) in [6.07, 6.45) is -0.527. The van der Waals surface area contributed by atoms with E-state index in [1.165, 1.54) is 19.2 Å². The van der Waals surface area contributed by atoms with Crippen molar-refractivity contribution < 1.29 is 19.0 Å². The maximum Gasteiger partial charge on any atom is 0.310 e. The Kier molecular flexibility index (Phi) is 4.83. The zero-order valence-corrected chi connectivity index (χ0v) is 15.3. The zero-order valence-electron chi connectivity index (χ0n) is 15.3. The number of hydrogen-bond donors (Lipinski definition) is 1. The maximum atomic E-state index is 13.3. The molecular formula is C21H22FNO3. The highest BCUT2D eigenvalue weighted by Crippen LogP contribution is 2.36. The average Bonchev–Trinajstić information content (AvgIpc) is 2.85. The molecule has 1 atom stereocenters. The van der Waals surface area contributed by atoms with Crippen molar-refractivity contribution in [2.24, 2.45) is 7.05 Å². The first-order chi connectivity index (χ1) is 12.3. The number of methoxy groups -OCH3 is 1. The minimum absolute atomic E-state index is 0.175. The van der Waals surface area contributed by atoms with Crippen LogP contribution in [-0.2, 0) is 23.0 Å². The lowest BCUT2D eigenvalue weighted by Gasteiger charge is -2.14. The van der Waals surface area contributed by atoms with Gasteiger partial charge < -0.3 is 14.4 Å². The van der Waals surface area contributed by atoms with Crippen molar-refractivity contribution in [2.75, 3.05) is 7.11 Å². The van der Waals surface area contributed by atoms with Crippen molar-refractivity contribution >= 4 is 16.9 Å². The Labute approximate surface area is 151 Å². The molecular weight excluding hydrogens is 333 g/mol. The van der Waals surface area contributed by atoms with Gasteiger partial charge in [0.2, 0.25) is 0 Å². The first-order valence-electron chi connectivity index (χ1n) is 8.46. The van der Waals surface area contributed by atoms with Crippen molar-refractivity contribution in [3.8, 4) is 11.1 Å². The summed E-state index contributed by atoms with van der Waals surface area (Å²) in [4.78, 5) is 11.8. The summed E-state index contributed by atoms with van der Waals surface area (Å²) in [6.45, 7) is 3.65. The van der Waals surface area contributed by atoms with Gasteiger partial charge in [-0.15, -0.1) is 0 Å². The van der Waals surface area contributed by atoms with E-state index in [0.29, 0.717) is 0 Å². The first-order valence-corrected chi connectivity index (χ1v) is 8.46. The highest BCUT2D eigenvalue weighted by molar-refractivity contribution is 5.93. The predicted octanol–water partition coefficient (Wildman–Crippen LogP) is 4.06. The molecule has 0 radical (unpaired) electrons. The summed E-state index contributed by atoms with van der Waals surface area (Å²) in [7, 11) is 3.31. The lowest BCUT2D eigenvalue weighted by atomic mass is 9.93. The fraction of sp³-hybridized carbons (Fsp3) is 0.286. The molecule has 0 aliphatic carbocycles. The molecule has 0 saturated heterocycles. The van der Waals surface area contributed by atoms with E-state index in [9.17, 15) is 14.3 Å². The normalized spacial score (nSPS) is 12.4. The topological polar surface area (TPSA) is 51.5 Å². The summed E-state index contributed by atoms with van der Waals surface area (Å²) >= 11 is 0. The third-order valence-corrected chi connectivity index (χ3v) is 4.95. The number of aryl methyl sites for hydroxylation is 1. The van der Waals surface area contributed by atoms with Gasteiger partial charge in [-0.05, 0) is 60.4 Å². The Bertz CT molecular complexity index is 971. The summed E-state index contributed by atoms with van der Waals surface area (Å²) in [5.41, 5.74) is 5.22. The Hall–Kier alpha value is -2.66. The molecule has 0 fully saturated rings. The van der Waals surface area contributed by atoms with Gasteiger partial charge in [0.15, 0.2) is 0 Å². The highest BCUT2D eigenvalue weighted by Gasteiger charge is 2.19. The van der Waals surface area contributed by atoms with Crippen LogP contribution in [0.2, 0.25) is 0 Å². The maximum absolute atomic E-state index is 13.3. The van der Waals surface area contributed by atoms with Gasteiger partial charge >= 0.3 is 5.97 Å². The third kappa shape index (κ3) is 3.10. The van der Waals surface area contributed by atoms with Crippen LogP contribution in [0.1, 0.15) is 29.8 Å². The second kappa shape index (κ2) is 6.92. The number of nitrogens with zero attached hydrogens (tertiary/aromatic N) is 1. The summed E-state index contributed by atoms with van der Waals surface area (Å²) in [6, 6.07) is 10.1. The Morgan fingerprint density at radius 3 is 2.50 bits per heavy atom. The van der Waals surface area contributed by atoms with Gasteiger partial charge in [-0.1, -0.05) is 12.1 Å². The number of aliphatic hydroxyl groups is 1. The van der Waals surface area contributed by atoms with Gasteiger partial charge in [-0.2, -0.15) is 0 Å². The quantitative estimate of drug-likeness (QED) is 0.718. The smallest absolute Gasteiger partial charge is 0.310 e. The fourth-order valence-electron chi connectivity index (χ4n) is 3.37. The molecule has 1 heterocycles. The Morgan fingerprint density at radius 2 is 1.92 bits per heavy atom. The number of aromatic nitrogens is 1. The molecule has 0 amide bonds. The summed E-state index contributed by atoms with van der Waals surface area (Å²) < 4.78 is 20.1. The highest BCUT2D eigenvalue weighted by atomic mass is 19.1. The number of esters is 1. The van der Waals surface area contributed by atoms with Crippen LogP contribution < -0.4 is 0 Å². The number of carbonyl (C=O) groups is 1. The van der Waals surface area contributed by atoms with E-state index >= 15 is 0 Å². The van der Waals surface area contributed by atoms with Crippen LogP contribution >= 0.6 is 0 Å². The molecule has 1 aromatic heterocycles. The van der Waals surface area contributed by atoms with Crippen LogP contribution in [0.15, 0.2) is 36.4 Å². The SMILES string of the molecule is COC(=O)Cc1c(C)n(C)c2cc(-c3ccc(F)cc3)c(C(C)O)cc12. The number of halogens is 1. The van der Waals surface area contributed by atoms with Gasteiger partial charge in [-0.25, -0.2) is 4.39 Å². The van der Waals surface area contributed by atoms with E-state index in [-0.39, 0.29) is 18.2 Å². The lowest BCUT2D eigenvalue weighted by Crippen LogP contribution is -2.05. The van der Waals surface area contributed by atoms with E-state index < -0.39 is 6.10 Å². The van der Waals surface area contributed by atoms with Crippen LogP contribution in [0.5, 0.6) is 0 Å². The summed E-state index contributed by atoms with van der Waals surface area (Å²) in [5.74, 6) is -0.606. The van der Waals surface area contributed by atoms with Gasteiger partial charge in [0.05, 0.1) is 19.6 Å². The standard InChI is InChI=1S/C21H22FNO3/c1-12-16(11-21(25)26-4)19-9-17(13(2)24)18(10-20(19)23(12)3)14-5-7-15(22)8-6-14/h5-10,13,24H,11H2,1-4H3. The number of hydrogen-bond acceptors (Lipinski definition) is 3. The first kappa shape index (κ1) is 18.1. The predicted molar refractivity (Wildman–Crippen MR) is 99.4 cm³/mol. The van der Waals surface area contributed by atoms with E-state index in [4.69, 9.17) is 4.74 Å². The van der Waals surface area contributed by atoms with Crippen LogP contribution in [0.4, 0.5) is 4.39 Å². The van der Waals surface area contributed by atoms with Crippen molar-refractivity contribution in [2.45, 2.75) is 26.4 Å². The number of aliphatic hydroxyl groups excluding tert-OH is 1. The number of rotatable bonds is 4. The molecule has 136 valence electrons. The van der Waals surface area contributed by atoms with E-state index in [2.05, 4.69) is 0 Å². The number of carbonyl (C=O) groups excluding carboxylic acids is 1. The van der Waals surface area contributed by atoms with Gasteiger partial charge in [0.25, 0.3) is 0 Å². The van der Waals surface area contributed by atoms with Crippen molar-refractivity contribution in [1.29, 1.82) is 0 Å². The fourth-order valence-corrected chi connectivity index (χ4v) is 3.37. The molecule has 26 heavy (non-hydrogen) atoms. The molecule has 1 N–H and O–H groups in total. The number of fused-ring (bicyclic) bond motifs is 1. The zero-order chi connectivity index (χ0) is 19.0. The minimum atomic E-state index is -0.703. The van der Waals surface area contributed by atoms with E-state index in [1.54, 1.807) is 19.1 Å². The molecule has 1 unspecified atom stereocenters. The number of benzene rings is 2. The van der Waals surface area contributed by atoms with Crippen LogP contribution in [0, 0.1) is 12.7 Å². The van der Waals surface area contributed by atoms with Crippen LogP contribution in [-0.4, -0.2) is 22.8 Å². The Morgan fingerprint density at radius 1 is 1.27 bits per heavy atom. The number of ether oxygens (including phenoxy) is 1. The molecule has 0 bridgehead atoms.